The van der Waals surface area contributed by atoms with Crippen LogP contribution in [0.25, 0.3) is 0 Å². The van der Waals surface area contributed by atoms with Crippen molar-refractivity contribution in [3.63, 3.8) is 0 Å². The van der Waals surface area contributed by atoms with E-state index < -0.39 is 8.38 Å². The van der Waals surface area contributed by atoms with Crippen molar-refractivity contribution in [2.24, 2.45) is 5.73 Å². The van der Waals surface area contributed by atoms with Crippen molar-refractivity contribution in [2.75, 3.05) is 19.4 Å². The van der Waals surface area contributed by atoms with Gasteiger partial charge in [0.05, 0.1) is 19.3 Å². The van der Waals surface area contributed by atoms with Crippen molar-refractivity contribution >= 4 is 8.38 Å². The Labute approximate surface area is 62.8 Å². The highest BCUT2D eigenvalue weighted by atomic mass is 31.2. The summed E-state index contributed by atoms with van der Waals surface area (Å²) in [5.74, 6) is 0. The monoisotopic (exact) mass is 163 g/mol. The summed E-state index contributed by atoms with van der Waals surface area (Å²) in [5.41, 5.74) is 5.55. The lowest BCUT2D eigenvalue weighted by atomic mass is 10.4. The lowest BCUT2D eigenvalue weighted by Crippen LogP contribution is -2.33. The average molecular weight is 163 g/mol. The molecule has 1 aliphatic rings. The Bertz CT molecular complexity index is 93.7. The van der Waals surface area contributed by atoms with E-state index in [1.807, 2.05) is 0 Å². The summed E-state index contributed by atoms with van der Waals surface area (Å²) in [4.78, 5) is 0. The number of rotatable bonds is 2. The summed E-state index contributed by atoms with van der Waals surface area (Å²) in [6.07, 6.45) is 2.17. The molecule has 10 heavy (non-hydrogen) atoms. The molecule has 60 valence electrons. The highest BCUT2D eigenvalue weighted by molar-refractivity contribution is 7.47. The second kappa shape index (κ2) is 4.24. The summed E-state index contributed by atoms with van der Waals surface area (Å²) in [6.45, 7) is 3.47. The van der Waals surface area contributed by atoms with E-state index in [9.17, 15) is 0 Å². The molecule has 0 aliphatic carbocycles. The summed E-state index contributed by atoms with van der Waals surface area (Å²) < 4.78 is 10.7. The first-order valence-corrected chi connectivity index (χ1v) is 4.98. The summed E-state index contributed by atoms with van der Waals surface area (Å²) in [6, 6.07) is 0.0932. The van der Waals surface area contributed by atoms with Crippen LogP contribution in [0.1, 0.15) is 13.3 Å². The van der Waals surface area contributed by atoms with Gasteiger partial charge in [-0.25, -0.2) is 0 Å². The fourth-order valence-electron chi connectivity index (χ4n) is 0.755. The Balaban J connectivity index is 2.13. The molecule has 0 atom stereocenters. The molecule has 1 heterocycles. The van der Waals surface area contributed by atoms with Crippen molar-refractivity contribution in [1.29, 1.82) is 0 Å². The van der Waals surface area contributed by atoms with E-state index in [1.54, 1.807) is 0 Å². The Hall–Kier alpha value is 0.310. The SMILES string of the molecule is CCCP1OCC(N)CO1. The molecular weight excluding hydrogens is 149 g/mol. The van der Waals surface area contributed by atoms with Crippen molar-refractivity contribution in [3.05, 3.63) is 0 Å². The quantitative estimate of drug-likeness (QED) is 0.619. The molecular formula is C6H14NO2P. The Kier molecular flexibility index (Phi) is 3.57. The van der Waals surface area contributed by atoms with E-state index in [-0.39, 0.29) is 6.04 Å². The highest BCUT2D eigenvalue weighted by Gasteiger charge is 2.18. The highest BCUT2D eigenvalue weighted by Crippen LogP contribution is 2.41. The standard InChI is InChI=1S/C6H14NO2P/c1-2-3-10-8-4-6(7)5-9-10/h6H,2-5,7H2,1H3. The molecule has 0 aromatic rings. The van der Waals surface area contributed by atoms with Crippen LogP contribution in [-0.2, 0) is 9.05 Å². The third-order valence-electron chi connectivity index (χ3n) is 1.27. The average Bonchev–Trinajstić information content (AvgIpc) is 1.95. The third-order valence-corrected chi connectivity index (χ3v) is 2.96. The molecule has 0 saturated carbocycles. The summed E-state index contributed by atoms with van der Waals surface area (Å²) >= 11 is 0. The molecule has 1 aliphatic heterocycles. The van der Waals surface area contributed by atoms with Crippen LogP contribution in [0.3, 0.4) is 0 Å². The Morgan fingerprint density at radius 1 is 1.50 bits per heavy atom. The molecule has 0 radical (unpaired) electrons. The zero-order chi connectivity index (χ0) is 7.40. The van der Waals surface area contributed by atoms with Gasteiger partial charge in [0.15, 0.2) is 8.38 Å². The minimum atomic E-state index is -0.578. The van der Waals surface area contributed by atoms with Crippen molar-refractivity contribution in [3.8, 4) is 0 Å². The van der Waals surface area contributed by atoms with Crippen LogP contribution in [0.2, 0.25) is 0 Å². The zero-order valence-corrected chi connectivity index (χ0v) is 7.14. The predicted octanol–water partition coefficient (Wildman–Crippen LogP) is 1.08. The summed E-state index contributed by atoms with van der Waals surface area (Å²) in [5, 5.41) is 0. The van der Waals surface area contributed by atoms with Gasteiger partial charge in [-0.15, -0.1) is 0 Å². The molecule has 1 fully saturated rings. The van der Waals surface area contributed by atoms with E-state index >= 15 is 0 Å². The maximum Gasteiger partial charge on any atom is 0.170 e. The fourth-order valence-corrected chi connectivity index (χ4v) is 2.17. The van der Waals surface area contributed by atoms with Gasteiger partial charge in [-0.2, -0.15) is 0 Å². The maximum atomic E-state index is 5.55. The molecule has 0 aromatic carbocycles. The van der Waals surface area contributed by atoms with Crippen LogP contribution in [0.5, 0.6) is 0 Å². The first-order chi connectivity index (χ1) is 4.83. The maximum absolute atomic E-state index is 5.55. The lowest BCUT2D eigenvalue weighted by Gasteiger charge is -2.25. The lowest BCUT2D eigenvalue weighted by molar-refractivity contribution is 0.159. The minimum Gasteiger partial charge on any atom is -0.332 e. The molecule has 0 spiro atoms. The van der Waals surface area contributed by atoms with Gasteiger partial charge in [-0.05, 0) is 6.42 Å². The van der Waals surface area contributed by atoms with Crippen LogP contribution in [0, 0.1) is 0 Å². The molecule has 0 aromatic heterocycles. The first kappa shape index (κ1) is 8.41. The molecule has 0 bridgehead atoms. The number of hydrogen-bond donors (Lipinski definition) is 1. The molecule has 0 unspecified atom stereocenters. The van der Waals surface area contributed by atoms with E-state index in [1.165, 1.54) is 0 Å². The Morgan fingerprint density at radius 3 is 2.60 bits per heavy atom. The molecule has 2 N–H and O–H groups in total. The van der Waals surface area contributed by atoms with Gasteiger partial charge in [0.1, 0.15) is 0 Å². The summed E-state index contributed by atoms with van der Waals surface area (Å²) in [7, 11) is -0.578. The largest absolute Gasteiger partial charge is 0.332 e. The van der Waals surface area contributed by atoms with Gasteiger partial charge in [-0.3, -0.25) is 0 Å². The fraction of sp³-hybridized carbons (Fsp3) is 1.00. The van der Waals surface area contributed by atoms with Crippen LogP contribution < -0.4 is 5.73 Å². The molecule has 0 amide bonds. The van der Waals surface area contributed by atoms with Gasteiger partial charge in [0.25, 0.3) is 0 Å². The third kappa shape index (κ3) is 2.51. The first-order valence-electron chi connectivity index (χ1n) is 3.62. The normalized spacial score (nSPS) is 34.2. The Morgan fingerprint density at radius 2 is 2.10 bits per heavy atom. The van der Waals surface area contributed by atoms with Gasteiger partial charge >= 0.3 is 0 Å². The van der Waals surface area contributed by atoms with Crippen molar-refractivity contribution in [2.45, 2.75) is 19.4 Å². The van der Waals surface area contributed by atoms with Gasteiger partial charge in [0, 0.05) is 6.16 Å². The topological polar surface area (TPSA) is 44.5 Å². The van der Waals surface area contributed by atoms with Crippen LogP contribution >= 0.6 is 8.38 Å². The second-order valence-electron chi connectivity index (χ2n) is 2.41. The van der Waals surface area contributed by atoms with Crippen LogP contribution in [-0.4, -0.2) is 25.4 Å². The molecule has 1 rings (SSSR count). The molecule has 4 heteroatoms. The smallest absolute Gasteiger partial charge is 0.170 e. The zero-order valence-electron chi connectivity index (χ0n) is 6.25. The molecule has 3 nitrogen and oxygen atoms in total. The van der Waals surface area contributed by atoms with E-state index in [0.717, 1.165) is 12.6 Å². The number of hydrogen-bond acceptors (Lipinski definition) is 3. The predicted molar refractivity (Wildman–Crippen MR) is 42.0 cm³/mol. The molecule has 1 saturated heterocycles. The van der Waals surface area contributed by atoms with Crippen LogP contribution in [0.4, 0.5) is 0 Å². The number of nitrogens with two attached hydrogens (primary N) is 1. The second-order valence-corrected chi connectivity index (χ2v) is 4.04. The van der Waals surface area contributed by atoms with E-state index in [4.69, 9.17) is 14.8 Å². The van der Waals surface area contributed by atoms with Crippen LogP contribution in [0.15, 0.2) is 0 Å². The van der Waals surface area contributed by atoms with Gasteiger partial charge < -0.3 is 14.8 Å². The van der Waals surface area contributed by atoms with E-state index in [2.05, 4.69) is 6.92 Å². The van der Waals surface area contributed by atoms with Crippen molar-refractivity contribution < 1.29 is 9.05 Å². The van der Waals surface area contributed by atoms with Gasteiger partial charge in [0.2, 0.25) is 0 Å². The van der Waals surface area contributed by atoms with Crippen molar-refractivity contribution in [1.82, 2.24) is 0 Å². The minimum absolute atomic E-state index is 0.0932. The van der Waals surface area contributed by atoms with Gasteiger partial charge in [-0.1, -0.05) is 6.92 Å². The van der Waals surface area contributed by atoms with E-state index in [0.29, 0.717) is 13.2 Å².